The van der Waals surface area contributed by atoms with Gasteiger partial charge in [0.05, 0.1) is 0 Å². The van der Waals surface area contributed by atoms with E-state index in [4.69, 9.17) is 1.41 Å². The van der Waals surface area contributed by atoms with Crippen molar-refractivity contribution in [1.82, 2.24) is 10.6 Å². The summed E-state index contributed by atoms with van der Waals surface area (Å²) >= 11 is 1.14. The predicted molar refractivity (Wildman–Crippen MR) is 74.5 cm³/mol. The number of guanidine groups is 1. The summed E-state index contributed by atoms with van der Waals surface area (Å²) < 4.78 is 8.19. The first kappa shape index (κ1) is 13.3. The van der Waals surface area contributed by atoms with E-state index in [0.29, 0.717) is 10.1 Å². The van der Waals surface area contributed by atoms with Crippen molar-refractivity contribution >= 4 is 22.5 Å². The number of rotatable bonds is 3. The molecule has 2 N–H and O–H groups in total. The van der Waals surface area contributed by atoms with E-state index in [1.54, 1.807) is 7.05 Å². The first-order valence-electron chi connectivity index (χ1n) is 5.96. The van der Waals surface area contributed by atoms with Crippen LogP contribution in [-0.2, 0) is 19.4 Å². The third-order valence-electron chi connectivity index (χ3n) is 2.61. The Bertz CT molecular complexity index is 538. The van der Waals surface area contributed by atoms with Gasteiger partial charge in [-0.3, -0.25) is 0 Å². The Morgan fingerprint density at radius 3 is 2.44 bits per heavy atom. The molecular weight excluding hydrogens is 396 g/mol. The van der Waals surface area contributed by atoms with Crippen molar-refractivity contribution in [3.8, 4) is 0 Å². The van der Waals surface area contributed by atoms with E-state index in [9.17, 15) is 0 Å². The van der Waals surface area contributed by atoms with Gasteiger partial charge in [0, 0.05) is 0 Å². The van der Waals surface area contributed by atoms with Crippen LogP contribution in [-0.4, -0.2) is 23.9 Å². The molecule has 0 saturated heterocycles. The summed E-state index contributed by atoms with van der Waals surface area (Å²) in [6, 6.07) is 4.14. The van der Waals surface area contributed by atoms with Gasteiger partial charge < -0.3 is 0 Å². The van der Waals surface area contributed by atoms with E-state index in [-0.39, 0.29) is 0 Å². The molecule has 0 bridgehead atoms. The van der Waals surface area contributed by atoms with Gasteiger partial charge in [-0.1, -0.05) is 0 Å². The maximum absolute atomic E-state index is 7.47. The molecule has 5 heteroatoms. The second-order valence-electron chi connectivity index (χ2n) is 3.97. The number of hydrogen-bond acceptors (Lipinski definition) is 2. The van der Waals surface area contributed by atoms with Crippen molar-refractivity contribution in [3.63, 3.8) is 0 Å². The van der Waals surface area contributed by atoms with Gasteiger partial charge in [0.1, 0.15) is 0 Å². The number of benzene rings is 1. The van der Waals surface area contributed by atoms with Gasteiger partial charge in [0.2, 0.25) is 0 Å². The minimum atomic E-state index is 0.412. The van der Waals surface area contributed by atoms with E-state index < -0.39 is 0 Å². The normalized spacial score (nSPS) is 12.3. The van der Waals surface area contributed by atoms with Crippen LogP contribution in [0.5, 0.6) is 0 Å². The van der Waals surface area contributed by atoms with Crippen LogP contribution in [0.3, 0.4) is 0 Å². The number of aliphatic imine (C=N–C) groups is 2. The molecule has 96 valence electrons. The van der Waals surface area contributed by atoms with Gasteiger partial charge in [0.25, 0.3) is 0 Å². The molecule has 0 amide bonds. The van der Waals surface area contributed by atoms with Crippen molar-refractivity contribution in [2.45, 2.75) is 20.8 Å². The molecule has 4 nitrogen and oxygen atoms in total. The van der Waals surface area contributed by atoms with Gasteiger partial charge in [-0.2, -0.15) is 0 Å². The molecule has 1 aromatic carbocycles. The van der Waals surface area contributed by atoms with E-state index in [1.165, 1.54) is 16.4 Å². The molecule has 0 aliphatic carbocycles. The molecule has 0 spiro atoms. The zero-order valence-electron chi connectivity index (χ0n) is 12.1. The molecule has 0 aliphatic heterocycles. The summed E-state index contributed by atoms with van der Waals surface area (Å²) in [7, 11) is 1.65. The minimum absolute atomic E-state index is 0.412. The second kappa shape index (κ2) is 6.72. The van der Waals surface area contributed by atoms with Gasteiger partial charge >= 0.3 is 121 Å². The van der Waals surface area contributed by atoms with E-state index in [2.05, 4.69) is 41.9 Å². The molecule has 0 saturated carbocycles. The topological polar surface area (TPSA) is 48.8 Å². The van der Waals surface area contributed by atoms with Crippen molar-refractivity contribution < 1.29 is 20.8 Å². The van der Waals surface area contributed by atoms with Crippen LogP contribution in [0.2, 0.25) is 1.41 Å². The van der Waals surface area contributed by atoms with E-state index >= 15 is 0 Å². The van der Waals surface area contributed by atoms with Crippen LogP contribution in [0.25, 0.3) is 0 Å². The first-order chi connectivity index (χ1) is 8.85. The summed E-state index contributed by atoms with van der Waals surface area (Å²) in [6.07, 6.45) is 0. The zero-order chi connectivity index (χ0) is 14.6. The fourth-order valence-electron chi connectivity index (χ4n) is 1.43. The quantitative estimate of drug-likeness (QED) is 0.584. The summed E-state index contributed by atoms with van der Waals surface area (Å²) in [5.74, 6) is 0.412. The number of nitrogens with zero attached hydrogens (tertiary/aromatic N) is 2. The van der Waals surface area contributed by atoms with Crippen LogP contribution >= 0.6 is 0 Å². The fourth-order valence-corrected chi connectivity index (χ4v) is 1.76. The molecular formula is C13H18N4W. The monoisotopic (exact) mass is 415 g/mol. The van der Waals surface area contributed by atoms with Crippen LogP contribution in [0.15, 0.2) is 22.1 Å². The fraction of sp³-hybridized carbons (Fsp3) is 0.308. The molecule has 0 fully saturated rings. The summed E-state index contributed by atoms with van der Waals surface area (Å²) in [4.78, 5) is 8.33. The standard InChI is InChI=1S/C13H18N4.W/c1-9-6-11(3)12(7-10(9)2)17-13(15-5)16-8-14-4;/h6-7,14H,5H2,1-4H3,(H,16,17);/i14D;. The average Bonchev–Trinajstić information content (AvgIpc) is 2.34. The number of nitrogens with one attached hydrogen (secondary N) is 2. The summed E-state index contributed by atoms with van der Waals surface area (Å²) in [5, 5.41) is 4.24. The van der Waals surface area contributed by atoms with E-state index in [1.807, 2.05) is 13.0 Å². The third-order valence-corrected chi connectivity index (χ3v) is 3.63. The molecule has 18 heavy (non-hydrogen) atoms. The van der Waals surface area contributed by atoms with Crippen LogP contribution < -0.4 is 10.6 Å². The Labute approximate surface area is 120 Å². The molecule has 0 aromatic heterocycles. The first-order valence-corrected chi connectivity index (χ1v) is 6.98. The molecule has 0 heterocycles. The van der Waals surface area contributed by atoms with Crippen molar-refractivity contribution in [1.29, 1.82) is 0 Å². The van der Waals surface area contributed by atoms with Gasteiger partial charge in [0.15, 0.2) is 0 Å². The zero-order valence-corrected chi connectivity index (χ0v) is 14.0. The van der Waals surface area contributed by atoms with Gasteiger partial charge in [-0.25, -0.2) is 0 Å². The number of hydrogen-bond donors (Lipinski definition) is 2. The Kier molecular flexibility index (Phi) is 4.97. The van der Waals surface area contributed by atoms with Gasteiger partial charge in [-0.15, -0.1) is 0 Å². The molecule has 1 rings (SSSR count). The molecule has 1 aromatic rings. The Hall–Kier alpha value is -1.12. The molecule has 0 aliphatic rings. The Balaban J connectivity index is 3.08. The molecule has 0 unspecified atom stereocenters. The third kappa shape index (κ3) is 3.97. The van der Waals surface area contributed by atoms with E-state index in [0.717, 1.165) is 30.6 Å². The van der Waals surface area contributed by atoms with Crippen molar-refractivity contribution in [3.05, 3.63) is 28.8 Å². The summed E-state index contributed by atoms with van der Waals surface area (Å²) in [5.41, 5.74) is 4.40. The average molecular weight is 415 g/mol. The number of aryl methyl sites for hydroxylation is 3. The van der Waals surface area contributed by atoms with Crippen molar-refractivity contribution in [2.24, 2.45) is 9.98 Å². The summed E-state index contributed by atoms with van der Waals surface area (Å²) in [6.45, 7) is 9.67. The Morgan fingerprint density at radius 1 is 1.28 bits per heavy atom. The van der Waals surface area contributed by atoms with Crippen LogP contribution in [0, 0.1) is 20.8 Å². The van der Waals surface area contributed by atoms with Gasteiger partial charge in [-0.05, 0) is 0 Å². The predicted octanol–water partition coefficient (Wildman–Crippen LogP) is 1.74. The maximum atomic E-state index is 7.47. The van der Waals surface area contributed by atoms with Crippen LogP contribution in [0.1, 0.15) is 16.7 Å². The van der Waals surface area contributed by atoms with Crippen molar-refractivity contribution in [2.75, 3.05) is 7.05 Å². The van der Waals surface area contributed by atoms with Crippen LogP contribution in [0.4, 0.5) is 5.69 Å². The SMILES string of the molecule is [2H]N(C)[C](=[W])NC(N=C)=Nc1cc(C)c(C)cc1C. The molecule has 0 atom stereocenters. The second-order valence-corrected chi connectivity index (χ2v) is 5.36. The molecule has 0 radical (unpaired) electrons. The Morgan fingerprint density at radius 2 is 1.89 bits per heavy atom.